The van der Waals surface area contributed by atoms with Crippen molar-refractivity contribution in [2.24, 2.45) is 0 Å². The Hall–Kier alpha value is -4.31. The third-order valence-electron chi connectivity index (χ3n) is 7.93. The highest BCUT2D eigenvalue weighted by atomic mass is 35.5. The van der Waals surface area contributed by atoms with Gasteiger partial charge in [0.2, 0.25) is 5.28 Å². The summed E-state index contributed by atoms with van der Waals surface area (Å²) in [5, 5.41) is 1.38. The van der Waals surface area contributed by atoms with Gasteiger partial charge in [0.05, 0.1) is 21.3 Å². The predicted molar refractivity (Wildman–Crippen MR) is 163 cm³/mol. The Morgan fingerprint density at radius 3 is 1.95 bits per heavy atom. The fraction of sp³-hybridized carbons (Fsp3) is 0.0286. The third-order valence-corrected chi connectivity index (χ3v) is 9.27. The highest BCUT2D eigenvalue weighted by Crippen LogP contribution is 2.58. The van der Waals surface area contributed by atoms with E-state index in [1.54, 1.807) is 11.3 Å². The fourth-order valence-corrected chi connectivity index (χ4v) is 7.75. The van der Waals surface area contributed by atoms with Gasteiger partial charge in [-0.1, -0.05) is 121 Å². The summed E-state index contributed by atoms with van der Waals surface area (Å²) < 4.78 is 2.24. The Kier molecular flexibility index (Phi) is 5.00. The van der Waals surface area contributed by atoms with E-state index in [4.69, 9.17) is 16.6 Å². The summed E-state index contributed by atoms with van der Waals surface area (Å²) in [5.41, 5.74) is 9.85. The normalized spacial score (nSPS) is 13.5. The summed E-state index contributed by atoms with van der Waals surface area (Å²) in [6, 6.07) is 45.5. The van der Waals surface area contributed by atoms with Crippen molar-refractivity contribution in [1.29, 1.82) is 0 Å². The van der Waals surface area contributed by atoms with E-state index < -0.39 is 5.41 Å². The van der Waals surface area contributed by atoms with E-state index in [0.29, 0.717) is 0 Å². The summed E-state index contributed by atoms with van der Waals surface area (Å²) >= 11 is 8.34. The van der Waals surface area contributed by atoms with E-state index in [0.717, 1.165) is 26.9 Å². The molecule has 0 amide bonds. The van der Waals surface area contributed by atoms with Crippen LogP contribution in [0.3, 0.4) is 0 Å². The maximum atomic E-state index is 6.61. The summed E-state index contributed by atoms with van der Waals surface area (Å²) in [6.45, 7) is 0. The lowest BCUT2D eigenvalue weighted by molar-refractivity contribution is 0.768. The molecule has 0 atom stereocenters. The number of fused-ring (bicyclic) bond motifs is 6. The number of rotatable bonds is 3. The van der Waals surface area contributed by atoms with Gasteiger partial charge in [0, 0.05) is 15.6 Å². The van der Waals surface area contributed by atoms with E-state index >= 15 is 0 Å². The molecule has 184 valence electrons. The molecule has 0 saturated carbocycles. The Balaban J connectivity index is 1.53. The predicted octanol–water partition coefficient (Wildman–Crippen LogP) is 9.53. The average molecular weight is 537 g/mol. The molecule has 0 spiro atoms. The molecule has 2 heterocycles. The monoisotopic (exact) mass is 536 g/mol. The van der Waals surface area contributed by atoms with Gasteiger partial charge in [0.25, 0.3) is 0 Å². The van der Waals surface area contributed by atoms with Gasteiger partial charge < -0.3 is 0 Å². The lowest BCUT2D eigenvalue weighted by Crippen LogP contribution is -2.28. The number of halogens is 1. The molecule has 2 nitrogen and oxygen atoms in total. The third kappa shape index (κ3) is 3.15. The van der Waals surface area contributed by atoms with Gasteiger partial charge in [0.15, 0.2) is 0 Å². The number of aromatic nitrogens is 2. The van der Waals surface area contributed by atoms with Gasteiger partial charge in [-0.15, -0.1) is 11.3 Å². The molecule has 1 aliphatic carbocycles. The standard InChI is InChI=1S/C35H21ClN2S/c36-34-37-31-25-17-8-10-21-29(25)39-33(31)32(38-34)26-18-11-20-28-30(26)24-16-7-9-19-27(24)35(28,22-12-3-1-4-13-22)23-14-5-2-6-15-23/h1-21H. The van der Waals surface area contributed by atoms with Gasteiger partial charge in [0.1, 0.15) is 0 Å². The van der Waals surface area contributed by atoms with Crippen LogP contribution in [0.4, 0.5) is 0 Å². The minimum absolute atomic E-state index is 0.266. The van der Waals surface area contributed by atoms with Crippen LogP contribution in [-0.2, 0) is 5.41 Å². The molecular weight excluding hydrogens is 516 g/mol. The minimum atomic E-state index is -0.458. The molecule has 0 unspecified atom stereocenters. The van der Waals surface area contributed by atoms with Gasteiger partial charge in [-0.2, -0.15) is 0 Å². The lowest BCUT2D eigenvalue weighted by Gasteiger charge is -2.33. The van der Waals surface area contributed by atoms with Crippen molar-refractivity contribution in [3.63, 3.8) is 0 Å². The highest BCUT2D eigenvalue weighted by Gasteiger charge is 2.46. The topological polar surface area (TPSA) is 25.8 Å². The zero-order valence-corrected chi connectivity index (χ0v) is 22.4. The number of nitrogens with zero attached hydrogens (tertiary/aromatic N) is 2. The number of hydrogen-bond acceptors (Lipinski definition) is 3. The van der Waals surface area contributed by atoms with Gasteiger partial charge in [-0.25, -0.2) is 9.97 Å². The quantitative estimate of drug-likeness (QED) is 0.210. The largest absolute Gasteiger partial charge is 0.223 e. The van der Waals surface area contributed by atoms with E-state index in [9.17, 15) is 0 Å². The van der Waals surface area contributed by atoms with Gasteiger partial charge >= 0.3 is 0 Å². The summed E-state index contributed by atoms with van der Waals surface area (Å²) in [5.74, 6) is 0. The second-order valence-electron chi connectivity index (χ2n) is 9.87. The van der Waals surface area contributed by atoms with Crippen LogP contribution < -0.4 is 0 Å². The molecule has 5 aromatic carbocycles. The van der Waals surface area contributed by atoms with Crippen LogP contribution in [0.15, 0.2) is 127 Å². The Labute approximate surface area is 235 Å². The summed E-state index contributed by atoms with van der Waals surface area (Å²) in [7, 11) is 0. The Bertz CT molecular complexity index is 1990. The van der Waals surface area contributed by atoms with Crippen LogP contribution in [0.25, 0.3) is 42.7 Å². The van der Waals surface area contributed by atoms with Crippen molar-refractivity contribution in [2.75, 3.05) is 0 Å². The maximum Gasteiger partial charge on any atom is 0.223 e. The molecule has 1 aliphatic rings. The average Bonchev–Trinajstić information content (AvgIpc) is 3.52. The molecule has 0 radical (unpaired) electrons. The van der Waals surface area contributed by atoms with Gasteiger partial charge in [-0.3, -0.25) is 0 Å². The van der Waals surface area contributed by atoms with E-state index in [1.165, 1.54) is 38.1 Å². The first kappa shape index (κ1) is 22.7. The summed E-state index contributed by atoms with van der Waals surface area (Å²) in [6.07, 6.45) is 0. The van der Waals surface area contributed by atoms with Gasteiger partial charge in [-0.05, 0) is 51.0 Å². The Morgan fingerprint density at radius 1 is 0.564 bits per heavy atom. The molecule has 0 fully saturated rings. The molecule has 0 bridgehead atoms. The molecule has 2 aromatic heterocycles. The van der Waals surface area contributed by atoms with Crippen LogP contribution in [0, 0.1) is 0 Å². The van der Waals surface area contributed by atoms with E-state index in [-0.39, 0.29) is 5.28 Å². The highest BCUT2D eigenvalue weighted by molar-refractivity contribution is 7.26. The SMILES string of the molecule is Clc1nc(-c2cccc3c2-c2ccccc2C3(c2ccccc2)c2ccccc2)c2sc3ccccc3c2n1. The zero-order chi connectivity index (χ0) is 26.0. The number of hydrogen-bond donors (Lipinski definition) is 0. The van der Waals surface area contributed by atoms with E-state index in [1.807, 2.05) is 0 Å². The second kappa shape index (κ2) is 8.60. The van der Waals surface area contributed by atoms with Crippen molar-refractivity contribution < 1.29 is 0 Å². The van der Waals surface area contributed by atoms with Crippen molar-refractivity contribution in [2.45, 2.75) is 5.41 Å². The van der Waals surface area contributed by atoms with Crippen LogP contribution >= 0.6 is 22.9 Å². The second-order valence-corrected chi connectivity index (χ2v) is 11.3. The molecule has 39 heavy (non-hydrogen) atoms. The zero-order valence-electron chi connectivity index (χ0n) is 20.8. The van der Waals surface area contributed by atoms with Crippen molar-refractivity contribution in [3.8, 4) is 22.4 Å². The minimum Gasteiger partial charge on any atom is -0.216 e. The number of benzene rings is 5. The molecule has 0 N–H and O–H groups in total. The Morgan fingerprint density at radius 2 is 1.18 bits per heavy atom. The lowest BCUT2D eigenvalue weighted by atomic mass is 9.67. The first-order valence-corrected chi connectivity index (χ1v) is 14.2. The first-order valence-electron chi connectivity index (χ1n) is 13.0. The van der Waals surface area contributed by atoms with E-state index in [2.05, 4.69) is 132 Å². The molecule has 0 aliphatic heterocycles. The smallest absolute Gasteiger partial charge is 0.216 e. The maximum absolute atomic E-state index is 6.61. The molecule has 4 heteroatoms. The van der Waals surface area contributed by atoms with Crippen molar-refractivity contribution >= 4 is 43.2 Å². The van der Waals surface area contributed by atoms with Crippen molar-refractivity contribution in [3.05, 3.63) is 155 Å². The van der Waals surface area contributed by atoms with Crippen LogP contribution in [0.5, 0.6) is 0 Å². The molecule has 0 saturated heterocycles. The van der Waals surface area contributed by atoms with Crippen LogP contribution in [0.2, 0.25) is 5.28 Å². The fourth-order valence-electron chi connectivity index (χ4n) is 6.44. The number of thiophene rings is 1. The summed E-state index contributed by atoms with van der Waals surface area (Å²) in [4.78, 5) is 9.55. The molecule has 8 rings (SSSR count). The first-order chi connectivity index (χ1) is 19.3. The van der Waals surface area contributed by atoms with Crippen LogP contribution in [-0.4, -0.2) is 9.97 Å². The van der Waals surface area contributed by atoms with Crippen molar-refractivity contribution in [1.82, 2.24) is 9.97 Å². The van der Waals surface area contributed by atoms with Crippen LogP contribution in [0.1, 0.15) is 22.3 Å². The molecule has 7 aromatic rings. The molecular formula is C35H21ClN2S.